The van der Waals surface area contributed by atoms with Crippen LogP contribution in [0.2, 0.25) is 0 Å². The monoisotopic (exact) mass is 501 g/mol. The van der Waals surface area contributed by atoms with Crippen molar-refractivity contribution in [1.82, 2.24) is 0 Å². The van der Waals surface area contributed by atoms with E-state index in [1.54, 1.807) is 55.6 Å². The first-order chi connectivity index (χ1) is 17.8. The third-order valence-electron chi connectivity index (χ3n) is 7.81. The summed E-state index contributed by atoms with van der Waals surface area (Å²) in [4.78, 5) is 25.9. The summed E-state index contributed by atoms with van der Waals surface area (Å²) in [6, 6.07) is 22.9. The zero-order valence-corrected chi connectivity index (χ0v) is 21.7. The Labute approximate surface area is 218 Å². The van der Waals surface area contributed by atoms with Crippen molar-refractivity contribution in [3.63, 3.8) is 0 Å². The average Bonchev–Trinajstić information content (AvgIpc) is 2.93. The highest BCUT2D eigenvalue weighted by atomic mass is 16.6. The Kier molecular flexibility index (Phi) is 7.98. The highest BCUT2D eigenvalue weighted by Crippen LogP contribution is 2.49. The van der Waals surface area contributed by atoms with Crippen molar-refractivity contribution in [3.8, 4) is 11.5 Å². The van der Waals surface area contributed by atoms with Crippen molar-refractivity contribution in [1.29, 1.82) is 0 Å². The number of hydrogen-bond acceptors (Lipinski definition) is 6. The molecule has 0 bridgehead atoms. The highest BCUT2D eigenvalue weighted by Gasteiger charge is 2.54. The first-order valence-corrected chi connectivity index (χ1v) is 12.8. The third-order valence-corrected chi connectivity index (χ3v) is 7.81. The van der Waals surface area contributed by atoms with Crippen molar-refractivity contribution in [2.75, 3.05) is 7.11 Å². The molecule has 1 aliphatic rings. The Morgan fingerprint density at radius 2 is 1.38 bits per heavy atom. The lowest BCUT2D eigenvalue weighted by atomic mass is 9.59. The number of rotatable bonds is 8. The van der Waals surface area contributed by atoms with Crippen LogP contribution < -0.4 is 15.2 Å². The van der Waals surface area contributed by atoms with Gasteiger partial charge in [0.1, 0.15) is 17.1 Å². The lowest BCUT2D eigenvalue weighted by molar-refractivity contribution is -0.0886. The molecule has 6 nitrogen and oxygen atoms in total. The van der Waals surface area contributed by atoms with Crippen LogP contribution in [0.5, 0.6) is 11.5 Å². The van der Waals surface area contributed by atoms with Gasteiger partial charge in [-0.1, -0.05) is 43.7 Å². The summed E-state index contributed by atoms with van der Waals surface area (Å²) < 4.78 is 17.1. The van der Waals surface area contributed by atoms with Crippen molar-refractivity contribution >= 4 is 11.9 Å². The molecule has 1 saturated carbocycles. The molecular formula is C31H35NO5. The lowest BCUT2D eigenvalue weighted by Gasteiger charge is -2.52. The van der Waals surface area contributed by atoms with Crippen LogP contribution in [-0.2, 0) is 10.2 Å². The topological polar surface area (TPSA) is 87.8 Å². The van der Waals surface area contributed by atoms with Crippen LogP contribution >= 0.6 is 0 Å². The van der Waals surface area contributed by atoms with Crippen LogP contribution in [0.4, 0.5) is 0 Å². The van der Waals surface area contributed by atoms with Gasteiger partial charge in [-0.2, -0.15) is 0 Å². The molecule has 4 rings (SSSR count). The van der Waals surface area contributed by atoms with E-state index in [2.05, 4.69) is 6.92 Å². The molecule has 194 valence electrons. The van der Waals surface area contributed by atoms with Crippen molar-refractivity contribution in [3.05, 3.63) is 95.6 Å². The maximum atomic E-state index is 13.2. The zero-order valence-electron chi connectivity index (χ0n) is 21.7. The smallest absolute Gasteiger partial charge is 0.343 e. The first-order valence-electron chi connectivity index (χ1n) is 12.8. The molecule has 2 unspecified atom stereocenters. The average molecular weight is 502 g/mol. The number of carbonyl (C=O) groups is 2. The highest BCUT2D eigenvalue weighted by molar-refractivity contribution is 5.91. The number of ether oxygens (including phenoxy) is 3. The minimum Gasteiger partial charge on any atom is -0.497 e. The second-order valence-corrected chi connectivity index (χ2v) is 9.94. The Balaban J connectivity index is 1.61. The molecule has 1 aliphatic carbocycles. The normalized spacial score (nSPS) is 17.2. The second kappa shape index (κ2) is 11.2. The van der Waals surface area contributed by atoms with Crippen LogP contribution in [0.1, 0.15) is 72.2 Å². The van der Waals surface area contributed by atoms with Gasteiger partial charge < -0.3 is 19.9 Å². The molecule has 0 radical (unpaired) electrons. The fraction of sp³-hybridized carbons (Fsp3) is 0.355. The van der Waals surface area contributed by atoms with Crippen LogP contribution in [-0.4, -0.2) is 30.7 Å². The number of esters is 2. The quantitative estimate of drug-likeness (QED) is 0.297. The minimum absolute atomic E-state index is 0.304. The molecule has 37 heavy (non-hydrogen) atoms. The fourth-order valence-electron chi connectivity index (χ4n) is 5.36. The van der Waals surface area contributed by atoms with E-state index in [0.29, 0.717) is 22.6 Å². The van der Waals surface area contributed by atoms with Gasteiger partial charge in [0.2, 0.25) is 0 Å². The SMILES string of the molecule is COc1ccc(C(=O)Oc2ccc(C(C)(C(C)N)C3(OC(=O)c4ccccc4)CCCCC3)cc2)cc1. The molecular weight excluding hydrogens is 466 g/mol. The third kappa shape index (κ3) is 5.39. The summed E-state index contributed by atoms with van der Waals surface area (Å²) in [5.41, 5.74) is 7.15. The number of hydrogen-bond donors (Lipinski definition) is 1. The van der Waals surface area contributed by atoms with Crippen LogP contribution in [0.3, 0.4) is 0 Å². The first kappa shape index (κ1) is 26.4. The molecule has 0 amide bonds. The second-order valence-electron chi connectivity index (χ2n) is 9.94. The van der Waals surface area contributed by atoms with Crippen molar-refractivity contribution in [2.24, 2.45) is 5.73 Å². The maximum absolute atomic E-state index is 13.2. The van der Waals surface area contributed by atoms with E-state index in [4.69, 9.17) is 19.9 Å². The molecule has 6 heteroatoms. The van der Waals surface area contributed by atoms with Crippen LogP contribution in [0, 0.1) is 0 Å². The molecule has 3 aromatic rings. The van der Waals surface area contributed by atoms with Gasteiger partial charge in [-0.25, -0.2) is 9.59 Å². The van der Waals surface area contributed by atoms with Crippen LogP contribution in [0.15, 0.2) is 78.9 Å². The molecule has 0 heterocycles. The number of methoxy groups -OCH3 is 1. The van der Waals surface area contributed by atoms with Gasteiger partial charge in [-0.05, 0) is 86.7 Å². The van der Waals surface area contributed by atoms with E-state index in [0.717, 1.165) is 37.7 Å². The van der Waals surface area contributed by atoms with E-state index in [9.17, 15) is 9.59 Å². The molecule has 0 spiro atoms. The zero-order chi connectivity index (χ0) is 26.5. The molecule has 0 aliphatic heterocycles. The molecule has 2 N–H and O–H groups in total. The Hall–Kier alpha value is -3.64. The minimum atomic E-state index is -0.756. The fourth-order valence-corrected chi connectivity index (χ4v) is 5.36. The van der Waals surface area contributed by atoms with Crippen LogP contribution in [0.25, 0.3) is 0 Å². The van der Waals surface area contributed by atoms with Gasteiger partial charge in [0, 0.05) is 11.5 Å². The van der Waals surface area contributed by atoms with E-state index >= 15 is 0 Å². The van der Waals surface area contributed by atoms with E-state index in [1.165, 1.54) is 0 Å². The molecule has 0 saturated heterocycles. The number of benzene rings is 3. The van der Waals surface area contributed by atoms with Crippen molar-refractivity contribution in [2.45, 2.75) is 63.0 Å². The maximum Gasteiger partial charge on any atom is 0.343 e. The Bertz CT molecular complexity index is 1200. The number of nitrogens with two attached hydrogens (primary N) is 1. The molecule has 0 aromatic heterocycles. The predicted molar refractivity (Wildman–Crippen MR) is 143 cm³/mol. The summed E-state index contributed by atoms with van der Waals surface area (Å²) in [5, 5.41) is 0. The van der Waals surface area contributed by atoms with E-state index in [-0.39, 0.29) is 12.0 Å². The summed E-state index contributed by atoms with van der Waals surface area (Å²) in [6.45, 7) is 4.05. The molecule has 3 aromatic carbocycles. The van der Waals surface area contributed by atoms with Gasteiger partial charge >= 0.3 is 11.9 Å². The van der Waals surface area contributed by atoms with Gasteiger partial charge in [0.15, 0.2) is 0 Å². The predicted octanol–water partition coefficient (Wildman–Crippen LogP) is 6.08. The van der Waals surface area contributed by atoms with Gasteiger partial charge in [-0.15, -0.1) is 0 Å². The van der Waals surface area contributed by atoms with Gasteiger partial charge in [0.25, 0.3) is 0 Å². The molecule has 1 fully saturated rings. The Morgan fingerprint density at radius 1 is 0.811 bits per heavy atom. The summed E-state index contributed by atoms with van der Waals surface area (Å²) >= 11 is 0. The summed E-state index contributed by atoms with van der Waals surface area (Å²) in [6.07, 6.45) is 4.49. The van der Waals surface area contributed by atoms with Gasteiger partial charge in [0.05, 0.1) is 18.2 Å². The van der Waals surface area contributed by atoms with Gasteiger partial charge in [-0.3, -0.25) is 0 Å². The molecule has 2 atom stereocenters. The Morgan fingerprint density at radius 3 is 1.95 bits per heavy atom. The number of carbonyl (C=O) groups excluding carboxylic acids is 2. The van der Waals surface area contributed by atoms with E-state index < -0.39 is 17.0 Å². The van der Waals surface area contributed by atoms with E-state index in [1.807, 2.05) is 37.3 Å². The summed E-state index contributed by atoms with van der Waals surface area (Å²) in [5.74, 6) is 0.307. The van der Waals surface area contributed by atoms with Crippen molar-refractivity contribution < 1.29 is 23.8 Å². The summed E-state index contributed by atoms with van der Waals surface area (Å²) in [7, 11) is 1.57. The standard InChI is InChI=1S/C31H35NO5/c1-22(32)30(2,31(20-8-5-9-21-31)37-29(34)23-10-6-4-7-11-23)25-14-18-27(19-15-25)36-28(33)24-12-16-26(35-3)17-13-24/h4,6-7,10-19,22H,5,8-9,20-21,32H2,1-3H3. The lowest BCUT2D eigenvalue weighted by Crippen LogP contribution is -2.61. The largest absolute Gasteiger partial charge is 0.497 e.